The fourth-order valence-electron chi connectivity index (χ4n) is 2.67. The van der Waals surface area contributed by atoms with E-state index in [4.69, 9.17) is 4.74 Å². The summed E-state index contributed by atoms with van der Waals surface area (Å²) in [6, 6.07) is 6.12. The molecule has 3 rings (SSSR count). The molecule has 0 N–H and O–H groups in total. The molecule has 1 unspecified atom stereocenters. The zero-order chi connectivity index (χ0) is 12.7. The van der Waals surface area contributed by atoms with Crippen molar-refractivity contribution in [3.05, 3.63) is 18.2 Å². The summed E-state index contributed by atoms with van der Waals surface area (Å²) in [5.41, 5.74) is 2.06. The van der Waals surface area contributed by atoms with Gasteiger partial charge in [0, 0.05) is 25.8 Å². The van der Waals surface area contributed by atoms with Gasteiger partial charge in [0.05, 0.1) is 5.69 Å². The Hall–Kier alpha value is -1.71. The van der Waals surface area contributed by atoms with Gasteiger partial charge in [-0.2, -0.15) is 0 Å². The van der Waals surface area contributed by atoms with E-state index in [1.807, 2.05) is 13.1 Å². The summed E-state index contributed by atoms with van der Waals surface area (Å²) in [6.07, 6.45) is 2.11. The number of hydrogen-bond donors (Lipinski definition) is 0. The first-order chi connectivity index (χ1) is 8.66. The van der Waals surface area contributed by atoms with Crippen molar-refractivity contribution in [3.63, 3.8) is 0 Å². The molecule has 1 saturated heterocycles. The largest absolute Gasteiger partial charge is 0.479 e. The number of benzene rings is 1. The fraction of sp³-hybridized carbons (Fsp3) is 0.500. The number of anilines is 2. The summed E-state index contributed by atoms with van der Waals surface area (Å²) in [6.45, 7) is 4.00. The maximum absolute atomic E-state index is 11.9. The van der Waals surface area contributed by atoms with Crippen LogP contribution >= 0.6 is 0 Å². The lowest BCUT2D eigenvalue weighted by molar-refractivity contribution is -0.125. The molecule has 18 heavy (non-hydrogen) atoms. The molecular formula is C14H18N2O2. The van der Waals surface area contributed by atoms with E-state index in [9.17, 15) is 4.79 Å². The second kappa shape index (κ2) is 4.19. The molecule has 1 aromatic rings. The van der Waals surface area contributed by atoms with Gasteiger partial charge in [0.15, 0.2) is 6.10 Å². The van der Waals surface area contributed by atoms with E-state index < -0.39 is 0 Å². The van der Waals surface area contributed by atoms with Crippen molar-refractivity contribution in [1.29, 1.82) is 0 Å². The highest BCUT2D eigenvalue weighted by atomic mass is 16.5. The third-order valence-corrected chi connectivity index (χ3v) is 3.76. The third kappa shape index (κ3) is 1.72. The highest BCUT2D eigenvalue weighted by Gasteiger charge is 2.29. The van der Waals surface area contributed by atoms with Gasteiger partial charge in [-0.05, 0) is 38.0 Å². The normalized spacial score (nSPS) is 23.0. The zero-order valence-electron chi connectivity index (χ0n) is 10.8. The van der Waals surface area contributed by atoms with Crippen LogP contribution in [0.5, 0.6) is 5.75 Å². The topological polar surface area (TPSA) is 32.8 Å². The molecule has 0 saturated carbocycles. The quantitative estimate of drug-likeness (QED) is 0.760. The minimum atomic E-state index is -0.389. The van der Waals surface area contributed by atoms with Crippen LogP contribution in [0.25, 0.3) is 0 Å². The molecule has 4 nitrogen and oxygen atoms in total. The minimum Gasteiger partial charge on any atom is -0.479 e. The van der Waals surface area contributed by atoms with E-state index in [1.54, 1.807) is 11.8 Å². The highest BCUT2D eigenvalue weighted by Crippen LogP contribution is 2.37. The van der Waals surface area contributed by atoms with Gasteiger partial charge >= 0.3 is 0 Å². The van der Waals surface area contributed by atoms with Gasteiger partial charge in [-0.15, -0.1) is 0 Å². The van der Waals surface area contributed by atoms with E-state index in [-0.39, 0.29) is 12.0 Å². The fourth-order valence-corrected chi connectivity index (χ4v) is 2.67. The molecule has 0 aromatic heterocycles. The average Bonchev–Trinajstić information content (AvgIpc) is 2.90. The van der Waals surface area contributed by atoms with Crippen LogP contribution < -0.4 is 14.5 Å². The van der Waals surface area contributed by atoms with Crippen LogP contribution in [0.2, 0.25) is 0 Å². The van der Waals surface area contributed by atoms with Crippen LogP contribution in [-0.2, 0) is 4.79 Å². The first-order valence-corrected chi connectivity index (χ1v) is 6.50. The molecule has 2 aliphatic heterocycles. The van der Waals surface area contributed by atoms with E-state index in [2.05, 4.69) is 17.0 Å². The van der Waals surface area contributed by atoms with Gasteiger partial charge in [0.1, 0.15) is 5.75 Å². The van der Waals surface area contributed by atoms with Gasteiger partial charge in [-0.1, -0.05) is 0 Å². The van der Waals surface area contributed by atoms with Gasteiger partial charge in [-0.3, -0.25) is 4.79 Å². The summed E-state index contributed by atoms with van der Waals surface area (Å²) in [7, 11) is 1.81. The number of fused-ring (bicyclic) bond motifs is 1. The molecule has 4 heteroatoms. The molecule has 1 amide bonds. The second-order valence-corrected chi connectivity index (χ2v) is 5.00. The molecule has 0 bridgehead atoms. The smallest absolute Gasteiger partial charge is 0.267 e. The molecule has 2 aliphatic rings. The molecule has 1 fully saturated rings. The number of nitrogens with zero attached hydrogens (tertiary/aromatic N) is 2. The Morgan fingerprint density at radius 2 is 2.00 bits per heavy atom. The number of ether oxygens (including phenoxy) is 1. The molecular weight excluding hydrogens is 228 g/mol. The van der Waals surface area contributed by atoms with E-state index in [0.29, 0.717) is 0 Å². The van der Waals surface area contributed by atoms with Crippen molar-refractivity contribution in [1.82, 2.24) is 0 Å². The van der Waals surface area contributed by atoms with Crippen molar-refractivity contribution in [2.45, 2.75) is 25.9 Å². The summed E-state index contributed by atoms with van der Waals surface area (Å²) in [5.74, 6) is 0.814. The van der Waals surface area contributed by atoms with Crippen molar-refractivity contribution < 1.29 is 9.53 Å². The Morgan fingerprint density at radius 1 is 1.28 bits per heavy atom. The van der Waals surface area contributed by atoms with Crippen molar-refractivity contribution in [3.8, 4) is 5.75 Å². The molecule has 0 radical (unpaired) electrons. The van der Waals surface area contributed by atoms with Crippen LogP contribution in [0.15, 0.2) is 18.2 Å². The van der Waals surface area contributed by atoms with Crippen LogP contribution in [0, 0.1) is 0 Å². The number of likely N-dealkylation sites (N-methyl/N-ethyl adjacent to an activating group) is 1. The summed E-state index contributed by atoms with van der Waals surface area (Å²) >= 11 is 0. The molecule has 2 heterocycles. The van der Waals surface area contributed by atoms with E-state index in [1.165, 1.54) is 18.5 Å². The molecule has 0 spiro atoms. The molecule has 1 atom stereocenters. The minimum absolute atomic E-state index is 0.0149. The van der Waals surface area contributed by atoms with Crippen LogP contribution in [0.3, 0.4) is 0 Å². The van der Waals surface area contributed by atoms with Crippen LogP contribution in [-0.4, -0.2) is 32.1 Å². The third-order valence-electron chi connectivity index (χ3n) is 3.76. The molecule has 0 aliphatic carbocycles. The predicted molar refractivity (Wildman–Crippen MR) is 71.4 cm³/mol. The summed E-state index contributed by atoms with van der Waals surface area (Å²) in [4.78, 5) is 16.0. The first-order valence-electron chi connectivity index (χ1n) is 6.50. The van der Waals surface area contributed by atoms with Gasteiger partial charge in [0.2, 0.25) is 0 Å². The second-order valence-electron chi connectivity index (χ2n) is 5.00. The lowest BCUT2D eigenvalue weighted by Crippen LogP contribution is -2.42. The maximum Gasteiger partial charge on any atom is 0.267 e. The average molecular weight is 246 g/mol. The van der Waals surface area contributed by atoms with Gasteiger partial charge in [-0.25, -0.2) is 0 Å². The predicted octanol–water partition coefficient (Wildman–Crippen LogP) is 2.03. The monoisotopic (exact) mass is 246 g/mol. The summed E-state index contributed by atoms with van der Waals surface area (Å²) in [5, 5.41) is 0. The van der Waals surface area contributed by atoms with Crippen LogP contribution in [0.1, 0.15) is 19.8 Å². The van der Waals surface area contributed by atoms with E-state index in [0.717, 1.165) is 24.5 Å². The first kappa shape index (κ1) is 11.4. The maximum atomic E-state index is 11.9. The Labute approximate surface area is 107 Å². The highest BCUT2D eigenvalue weighted by molar-refractivity contribution is 5.99. The molecule has 96 valence electrons. The Kier molecular flexibility index (Phi) is 2.65. The number of carbonyl (C=O) groups is 1. The van der Waals surface area contributed by atoms with E-state index >= 15 is 0 Å². The number of hydrogen-bond acceptors (Lipinski definition) is 3. The Balaban J connectivity index is 1.97. The SMILES string of the molecule is CC1Oc2ccc(N3CCCC3)cc2N(C)C1=O. The lowest BCUT2D eigenvalue weighted by Gasteiger charge is -2.31. The van der Waals surface area contributed by atoms with Gasteiger partial charge < -0.3 is 14.5 Å². The molecule has 1 aromatic carbocycles. The van der Waals surface area contributed by atoms with Gasteiger partial charge in [0.25, 0.3) is 5.91 Å². The van der Waals surface area contributed by atoms with Crippen LogP contribution in [0.4, 0.5) is 11.4 Å². The van der Waals surface area contributed by atoms with Crippen molar-refractivity contribution >= 4 is 17.3 Å². The Bertz CT molecular complexity index is 481. The number of amides is 1. The Morgan fingerprint density at radius 3 is 2.72 bits per heavy atom. The van der Waals surface area contributed by atoms with Crippen molar-refractivity contribution in [2.24, 2.45) is 0 Å². The lowest BCUT2D eigenvalue weighted by atomic mass is 10.1. The number of rotatable bonds is 1. The zero-order valence-corrected chi connectivity index (χ0v) is 10.8. The van der Waals surface area contributed by atoms with Crippen molar-refractivity contribution in [2.75, 3.05) is 29.9 Å². The standard InChI is InChI=1S/C14H18N2O2/c1-10-14(17)15(2)12-9-11(5-6-13(12)18-10)16-7-3-4-8-16/h5-6,9-10H,3-4,7-8H2,1-2H3. The number of carbonyl (C=O) groups excluding carboxylic acids is 1. The summed E-state index contributed by atoms with van der Waals surface area (Å²) < 4.78 is 5.62.